The maximum atomic E-state index is 9.60. The highest BCUT2D eigenvalue weighted by atomic mass is 35.5. The van der Waals surface area contributed by atoms with Crippen molar-refractivity contribution in [3.8, 4) is 0 Å². The molecule has 4 N–H and O–H groups in total. The van der Waals surface area contributed by atoms with Gasteiger partial charge in [-0.1, -0.05) is 23.7 Å². The molecule has 0 saturated heterocycles. The number of hydrogen-bond acceptors (Lipinski definition) is 5. The number of aliphatic hydroxyl groups is 3. The van der Waals surface area contributed by atoms with Gasteiger partial charge in [0.25, 0.3) is 0 Å². The van der Waals surface area contributed by atoms with Crippen molar-refractivity contribution in [2.45, 2.75) is 18.8 Å². The van der Waals surface area contributed by atoms with E-state index in [2.05, 4.69) is 5.32 Å². The summed E-state index contributed by atoms with van der Waals surface area (Å²) in [6.45, 7) is 0.858. The molecule has 0 spiro atoms. The van der Waals surface area contributed by atoms with Crippen LogP contribution in [-0.2, 0) is 11.3 Å². The third-order valence-corrected chi connectivity index (χ3v) is 2.71. The highest BCUT2D eigenvalue weighted by Crippen LogP contribution is 2.10. The summed E-state index contributed by atoms with van der Waals surface area (Å²) in [6.07, 6.45) is -1.46. The van der Waals surface area contributed by atoms with Gasteiger partial charge in [-0.2, -0.15) is 0 Å². The van der Waals surface area contributed by atoms with Gasteiger partial charge >= 0.3 is 0 Å². The number of nitrogens with one attached hydrogen (secondary N) is 1. The van der Waals surface area contributed by atoms with Crippen LogP contribution in [-0.4, -0.2) is 53.8 Å². The van der Waals surface area contributed by atoms with Crippen LogP contribution in [0.3, 0.4) is 0 Å². The zero-order valence-corrected chi connectivity index (χ0v) is 11.4. The molecule has 0 heterocycles. The van der Waals surface area contributed by atoms with Gasteiger partial charge < -0.3 is 25.4 Å². The summed E-state index contributed by atoms with van der Waals surface area (Å²) in [5.41, 5.74) is 0.986. The first-order valence-electron chi connectivity index (χ1n) is 6.11. The second kappa shape index (κ2) is 9.25. The third kappa shape index (κ3) is 7.47. The zero-order valence-electron chi connectivity index (χ0n) is 10.6. The van der Waals surface area contributed by atoms with Gasteiger partial charge in [-0.25, -0.2) is 0 Å². The number of ether oxygens (including phenoxy) is 1. The van der Waals surface area contributed by atoms with Crippen LogP contribution < -0.4 is 5.32 Å². The van der Waals surface area contributed by atoms with Crippen molar-refractivity contribution >= 4 is 11.6 Å². The molecular formula is C13H20ClNO4. The van der Waals surface area contributed by atoms with Gasteiger partial charge in [-0.05, 0) is 17.7 Å². The minimum Gasteiger partial charge on any atom is -0.394 e. The maximum absolute atomic E-state index is 9.60. The Labute approximate surface area is 117 Å². The standard InChI is InChI=1S/C13H20ClNO4/c14-11-3-1-10(2-4-11)8-19-9-13(18)6-15-5-12(17)7-16/h1-4,12-13,15-18H,5-9H2. The van der Waals surface area contributed by atoms with Crippen molar-refractivity contribution in [2.24, 2.45) is 0 Å². The smallest absolute Gasteiger partial charge is 0.0897 e. The molecule has 0 amide bonds. The lowest BCUT2D eigenvalue weighted by molar-refractivity contribution is 0.0258. The van der Waals surface area contributed by atoms with Crippen molar-refractivity contribution in [3.05, 3.63) is 34.9 Å². The number of aliphatic hydroxyl groups excluding tert-OH is 3. The molecule has 0 aliphatic rings. The largest absolute Gasteiger partial charge is 0.394 e. The Morgan fingerprint density at radius 3 is 2.37 bits per heavy atom. The Morgan fingerprint density at radius 2 is 1.74 bits per heavy atom. The van der Waals surface area contributed by atoms with Crippen LogP contribution in [0, 0.1) is 0 Å². The number of benzene rings is 1. The maximum Gasteiger partial charge on any atom is 0.0897 e. The normalized spacial score (nSPS) is 14.3. The molecule has 0 fully saturated rings. The number of halogens is 1. The lowest BCUT2D eigenvalue weighted by atomic mass is 10.2. The van der Waals surface area contributed by atoms with Crippen LogP contribution in [0.1, 0.15) is 5.56 Å². The average Bonchev–Trinajstić information content (AvgIpc) is 2.41. The topological polar surface area (TPSA) is 82.0 Å². The highest BCUT2D eigenvalue weighted by molar-refractivity contribution is 6.30. The van der Waals surface area contributed by atoms with Gasteiger partial charge in [0.05, 0.1) is 32.0 Å². The highest BCUT2D eigenvalue weighted by Gasteiger charge is 2.06. The van der Waals surface area contributed by atoms with Gasteiger partial charge in [-0.3, -0.25) is 0 Å². The quantitative estimate of drug-likeness (QED) is 0.521. The van der Waals surface area contributed by atoms with E-state index in [4.69, 9.17) is 26.6 Å². The predicted molar refractivity (Wildman–Crippen MR) is 73.1 cm³/mol. The minimum atomic E-state index is -0.804. The summed E-state index contributed by atoms with van der Waals surface area (Å²) >= 11 is 5.76. The zero-order chi connectivity index (χ0) is 14.1. The summed E-state index contributed by atoms with van der Waals surface area (Å²) in [5.74, 6) is 0. The first kappa shape index (κ1) is 16.4. The van der Waals surface area contributed by atoms with Gasteiger partial charge in [0, 0.05) is 18.1 Å². The van der Waals surface area contributed by atoms with E-state index in [1.54, 1.807) is 12.1 Å². The summed E-state index contributed by atoms with van der Waals surface area (Å²) < 4.78 is 5.36. The fourth-order valence-corrected chi connectivity index (χ4v) is 1.56. The molecular weight excluding hydrogens is 270 g/mol. The molecule has 0 aliphatic heterocycles. The Bertz CT molecular complexity index is 347. The van der Waals surface area contributed by atoms with E-state index in [1.165, 1.54) is 0 Å². The number of rotatable bonds is 9. The summed E-state index contributed by atoms with van der Waals surface area (Å²) in [7, 11) is 0. The van der Waals surface area contributed by atoms with Crippen LogP contribution in [0.15, 0.2) is 24.3 Å². The number of hydrogen-bond donors (Lipinski definition) is 4. The minimum absolute atomic E-state index is 0.199. The van der Waals surface area contributed by atoms with Crippen LogP contribution in [0.25, 0.3) is 0 Å². The molecule has 19 heavy (non-hydrogen) atoms. The van der Waals surface area contributed by atoms with Gasteiger partial charge in [-0.15, -0.1) is 0 Å². The van der Waals surface area contributed by atoms with E-state index in [0.29, 0.717) is 18.2 Å². The van der Waals surface area contributed by atoms with Crippen molar-refractivity contribution in [1.29, 1.82) is 0 Å². The molecule has 0 radical (unpaired) electrons. The molecule has 1 rings (SSSR count). The fraction of sp³-hybridized carbons (Fsp3) is 0.538. The molecule has 0 bridgehead atoms. The molecule has 0 aliphatic carbocycles. The monoisotopic (exact) mass is 289 g/mol. The van der Waals surface area contributed by atoms with E-state index in [-0.39, 0.29) is 19.8 Å². The molecule has 108 valence electrons. The van der Waals surface area contributed by atoms with Crippen LogP contribution >= 0.6 is 11.6 Å². The molecule has 6 heteroatoms. The van der Waals surface area contributed by atoms with Crippen molar-refractivity contribution < 1.29 is 20.1 Å². The second-order valence-electron chi connectivity index (χ2n) is 4.29. The Kier molecular flexibility index (Phi) is 7.97. The Hall–Kier alpha value is -0.690. The van der Waals surface area contributed by atoms with Crippen LogP contribution in [0.5, 0.6) is 0 Å². The molecule has 1 aromatic carbocycles. The van der Waals surface area contributed by atoms with E-state index in [0.717, 1.165) is 5.56 Å². The lowest BCUT2D eigenvalue weighted by Gasteiger charge is -2.14. The summed E-state index contributed by atoms with van der Waals surface area (Å²) in [6, 6.07) is 7.30. The van der Waals surface area contributed by atoms with Gasteiger partial charge in [0.1, 0.15) is 0 Å². The molecule has 5 nitrogen and oxygen atoms in total. The van der Waals surface area contributed by atoms with E-state index in [9.17, 15) is 5.11 Å². The first-order chi connectivity index (χ1) is 9.11. The molecule has 1 aromatic rings. The van der Waals surface area contributed by atoms with E-state index in [1.807, 2.05) is 12.1 Å². The fourth-order valence-electron chi connectivity index (χ4n) is 1.43. The summed E-state index contributed by atoms with van der Waals surface area (Å²) in [5, 5.41) is 30.8. The van der Waals surface area contributed by atoms with Crippen molar-refractivity contribution in [1.82, 2.24) is 5.32 Å². The molecule has 0 saturated carbocycles. The molecule has 2 unspecified atom stereocenters. The Balaban J connectivity index is 2.10. The predicted octanol–water partition coefficient (Wildman–Crippen LogP) is 0.160. The van der Waals surface area contributed by atoms with Gasteiger partial charge in [0.2, 0.25) is 0 Å². The third-order valence-electron chi connectivity index (χ3n) is 2.46. The Morgan fingerprint density at radius 1 is 1.11 bits per heavy atom. The van der Waals surface area contributed by atoms with Crippen molar-refractivity contribution in [2.75, 3.05) is 26.3 Å². The first-order valence-corrected chi connectivity index (χ1v) is 6.49. The van der Waals surface area contributed by atoms with Crippen LogP contribution in [0.2, 0.25) is 5.02 Å². The van der Waals surface area contributed by atoms with Crippen LogP contribution in [0.4, 0.5) is 0 Å². The van der Waals surface area contributed by atoms with Gasteiger partial charge in [0.15, 0.2) is 0 Å². The van der Waals surface area contributed by atoms with E-state index < -0.39 is 12.2 Å². The molecule has 2 atom stereocenters. The van der Waals surface area contributed by atoms with Crippen molar-refractivity contribution in [3.63, 3.8) is 0 Å². The SMILES string of the molecule is OCC(O)CNCC(O)COCc1ccc(Cl)cc1. The van der Waals surface area contributed by atoms with E-state index >= 15 is 0 Å². The summed E-state index contributed by atoms with van der Waals surface area (Å²) in [4.78, 5) is 0. The molecule has 0 aromatic heterocycles. The average molecular weight is 290 g/mol. The lowest BCUT2D eigenvalue weighted by Crippen LogP contribution is -2.36. The second-order valence-corrected chi connectivity index (χ2v) is 4.73.